The maximum Gasteiger partial charge on any atom is 0.264 e. The predicted molar refractivity (Wildman–Crippen MR) is 195 cm³/mol. The van der Waals surface area contributed by atoms with Gasteiger partial charge in [0.05, 0.1) is 17.2 Å². The smallest absolute Gasteiger partial charge is 0.264 e. The number of hydrogen-bond acceptors (Lipinski definition) is 5. The molecule has 1 N–H and O–H groups in total. The van der Waals surface area contributed by atoms with Crippen LogP contribution in [-0.2, 0) is 32.6 Å². The zero-order chi connectivity index (χ0) is 35.0. The Labute approximate surface area is 299 Å². The van der Waals surface area contributed by atoms with Gasteiger partial charge in [0.25, 0.3) is 10.0 Å². The van der Waals surface area contributed by atoms with Gasteiger partial charge in [0.2, 0.25) is 11.8 Å². The lowest BCUT2D eigenvalue weighted by Gasteiger charge is -2.34. The molecule has 0 unspecified atom stereocenters. The number of carbonyl (C=O) groups excluding carboxylic acids is 2. The van der Waals surface area contributed by atoms with E-state index in [0.717, 1.165) is 41.1 Å². The Morgan fingerprint density at radius 2 is 1.59 bits per heavy atom. The number of carbonyl (C=O) groups is 2. The fraction of sp³-hybridized carbons (Fsp3) is 0.316. The molecule has 1 aliphatic carbocycles. The number of aryl methyl sites for hydroxylation is 1. The van der Waals surface area contributed by atoms with Gasteiger partial charge in [-0.15, -0.1) is 0 Å². The van der Waals surface area contributed by atoms with Crippen LogP contribution in [0.2, 0.25) is 10.0 Å². The minimum atomic E-state index is -4.25. The van der Waals surface area contributed by atoms with Crippen molar-refractivity contribution in [1.82, 2.24) is 10.2 Å². The van der Waals surface area contributed by atoms with Crippen LogP contribution in [0.1, 0.15) is 49.3 Å². The third kappa shape index (κ3) is 9.35. The molecule has 1 saturated carbocycles. The van der Waals surface area contributed by atoms with Gasteiger partial charge in [-0.2, -0.15) is 0 Å². The maximum absolute atomic E-state index is 14.7. The lowest BCUT2D eigenvalue weighted by atomic mass is 10.0. The molecule has 0 radical (unpaired) electrons. The Morgan fingerprint density at radius 3 is 2.22 bits per heavy atom. The number of amides is 2. The molecule has 4 aromatic rings. The highest BCUT2D eigenvalue weighted by Crippen LogP contribution is 2.29. The van der Waals surface area contributed by atoms with Crippen molar-refractivity contribution >= 4 is 50.7 Å². The van der Waals surface area contributed by atoms with Crippen molar-refractivity contribution in [2.24, 2.45) is 0 Å². The average molecular weight is 723 g/mol. The van der Waals surface area contributed by atoms with E-state index < -0.39 is 28.5 Å². The number of halogens is 2. The van der Waals surface area contributed by atoms with Crippen molar-refractivity contribution in [2.45, 2.75) is 69.5 Å². The summed E-state index contributed by atoms with van der Waals surface area (Å²) in [6.07, 6.45) is 3.98. The summed E-state index contributed by atoms with van der Waals surface area (Å²) in [6.45, 7) is 3.56. The second-order valence-electron chi connectivity index (χ2n) is 12.2. The summed E-state index contributed by atoms with van der Waals surface area (Å²) in [6, 6.07) is 26.5. The molecule has 4 aromatic carbocycles. The van der Waals surface area contributed by atoms with Gasteiger partial charge in [-0.1, -0.05) is 90.1 Å². The molecule has 258 valence electrons. The van der Waals surface area contributed by atoms with Crippen molar-refractivity contribution in [3.63, 3.8) is 0 Å². The fourth-order valence-corrected chi connectivity index (χ4v) is 7.88. The Hall–Kier alpha value is -4.05. The SMILES string of the molecule is CCOc1ccc(S(=O)(=O)N(CC(=O)N(Cc2ccc(Cl)cc2Cl)[C@@H](Cc2ccccc2)C(=O)NC2CCCC2)c2ccc(C)cc2)cc1. The number of anilines is 1. The summed E-state index contributed by atoms with van der Waals surface area (Å²) >= 11 is 12.8. The number of nitrogens with one attached hydrogen (secondary N) is 1. The normalized spacial score (nSPS) is 13.9. The molecule has 0 saturated heterocycles. The summed E-state index contributed by atoms with van der Waals surface area (Å²) in [4.78, 5) is 30.3. The highest BCUT2D eigenvalue weighted by atomic mass is 35.5. The van der Waals surface area contributed by atoms with E-state index in [1.54, 1.807) is 54.6 Å². The number of hydrogen-bond donors (Lipinski definition) is 1. The van der Waals surface area contributed by atoms with Gasteiger partial charge in [0.15, 0.2) is 0 Å². The third-order valence-corrected chi connectivity index (χ3v) is 11.0. The molecule has 8 nitrogen and oxygen atoms in total. The molecular formula is C38H41Cl2N3O5S. The molecule has 1 aliphatic rings. The highest BCUT2D eigenvalue weighted by Gasteiger charge is 2.36. The van der Waals surface area contributed by atoms with Crippen molar-refractivity contribution < 1.29 is 22.7 Å². The second kappa shape index (κ2) is 16.6. The summed E-state index contributed by atoms with van der Waals surface area (Å²) in [7, 11) is -4.25. The van der Waals surface area contributed by atoms with Gasteiger partial charge in [0, 0.05) is 29.1 Å². The van der Waals surface area contributed by atoms with Crippen LogP contribution in [0.25, 0.3) is 0 Å². The molecule has 0 aliphatic heterocycles. The van der Waals surface area contributed by atoms with E-state index in [-0.39, 0.29) is 29.8 Å². The summed E-state index contributed by atoms with van der Waals surface area (Å²) in [5, 5.41) is 3.94. The zero-order valence-corrected chi connectivity index (χ0v) is 30.0. The standard InChI is InChI=1S/C38H41Cl2N3O5S/c1-3-48-33-19-21-34(22-20-33)49(46,47)43(32-17-13-27(2)14-18-32)26-37(44)42(25-29-15-16-30(39)24-35(29)40)36(23-28-9-5-4-6-10-28)38(45)41-31-11-7-8-12-31/h4-6,9-10,13-22,24,31,36H,3,7-8,11-12,23,25-26H2,1-2H3,(H,41,45)/t36-/m0/s1. The van der Waals surface area contributed by atoms with Crippen LogP contribution in [0.15, 0.2) is 102 Å². The van der Waals surface area contributed by atoms with Crippen molar-refractivity contribution in [2.75, 3.05) is 17.5 Å². The first-order chi connectivity index (χ1) is 23.5. The average Bonchev–Trinajstić information content (AvgIpc) is 3.60. The minimum absolute atomic E-state index is 0.00330. The van der Waals surface area contributed by atoms with E-state index in [0.29, 0.717) is 33.7 Å². The quantitative estimate of drug-likeness (QED) is 0.145. The topological polar surface area (TPSA) is 96.0 Å². The molecular weight excluding hydrogens is 681 g/mol. The molecule has 0 bridgehead atoms. The van der Waals surface area contributed by atoms with Crippen LogP contribution >= 0.6 is 23.2 Å². The molecule has 49 heavy (non-hydrogen) atoms. The molecule has 11 heteroatoms. The van der Waals surface area contributed by atoms with Crippen molar-refractivity contribution in [1.29, 1.82) is 0 Å². The molecule has 5 rings (SSSR count). The van der Waals surface area contributed by atoms with E-state index in [1.807, 2.05) is 44.2 Å². The molecule has 1 atom stereocenters. The van der Waals surface area contributed by atoms with Gasteiger partial charge in [-0.3, -0.25) is 13.9 Å². The van der Waals surface area contributed by atoms with Crippen molar-refractivity contribution in [3.8, 4) is 5.75 Å². The van der Waals surface area contributed by atoms with Crippen LogP contribution < -0.4 is 14.4 Å². The predicted octanol–water partition coefficient (Wildman–Crippen LogP) is 7.59. The number of benzene rings is 4. The fourth-order valence-electron chi connectivity index (χ4n) is 6.00. The lowest BCUT2D eigenvalue weighted by molar-refractivity contribution is -0.140. The minimum Gasteiger partial charge on any atom is -0.494 e. The van der Waals surface area contributed by atoms with Gasteiger partial charge in [0.1, 0.15) is 18.3 Å². The Kier molecular flexibility index (Phi) is 12.3. The summed E-state index contributed by atoms with van der Waals surface area (Å²) in [5.41, 5.74) is 2.67. The van der Waals surface area contributed by atoms with E-state index in [4.69, 9.17) is 27.9 Å². The van der Waals surface area contributed by atoms with E-state index >= 15 is 0 Å². The highest BCUT2D eigenvalue weighted by molar-refractivity contribution is 7.92. The molecule has 2 amide bonds. The first-order valence-electron chi connectivity index (χ1n) is 16.4. The Morgan fingerprint density at radius 1 is 0.918 bits per heavy atom. The second-order valence-corrected chi connectivity index (χ2v) is 14.9. The van der Waals surface area contributed by atoms with E-state index in [9.17, 15) is 18.0 Å². The zero-order valence-electron chi connectivity index (χ0n) is 27.6. The number of nitrogens with zero attached hydrogens (tertiary/aromatic N) is 2. The van der Waals surface area contributed by atoms with Gasteiger partial charge in [-0.25, -0.2) is 8.42 Å². The first-order valence-corrected chi connectivity index (χ1v) is 18.6. The van der Waals surface area contributed by atoms with Gasteiger partial charge in [-0.05, 0) is 86.3 Å². The lowest BCUT2D eigenvalue weighted by Crippen LogP contribution is -2.54. The largest absolute Gasteiger partial charge is 0.494 e. The molecule has 0 heterocycles. The van der Waals surface area contributed by atoms with Crippen molar-refractivity contribution in [3.05, 3.63) is 124 Å². The summed E-state index contributed by atoms with van der Waals surface area (Å²) in [5.74, 6) is -0.337. The third-order valence-electron chi connectivity index (χ3n) is 8.65. The molecule has 0 aromatic heterocycles. The van der Waals surface area contributed by atoms with Crippen LogP contribution in [0.5, 0.6) is 5.75 Å². The van der Waals surface area contributed by atoms with Crippen LogP contribution in [0.3, 0.4) is 0 Å². The number of ether oxygens (including phenoxy) is 1. The first kappa shape index (κ1) is 36.2. The van der Waals surface area contributed by atoms with E-state index in [2.05, 4.69) is 5.32 Å². The Bertz CT molecular complexity index is 1830. The molecule has 0 spiro atoms. The Balaban J connectivity index is 1.57. The molecule has 1 fully saturated rings. The van der Waals surface area contributed by atoms with E-state index in [1.165, 1.54) is 17.0 Å². The maximum atomic E-state index is 14.7. The monoisotopic (exact) mass is 721 g/mol. The number of rotatable bonds is 14. The van der Waals surface area contributed by atoms with Crippen LogP contribution in [0, 0.1) is 6.92 Å². The van der Waals surface area contributed by atoms with Gasteiger partial charge < -0.3 is 15.0 Å². The number of sulfonamides is 1. The van der Waals surface area contributed by atoms with Crippen LogP contribution in [-0.4, -0.2) is 50.4 Å². The van der Waals surface area contributed by atoms with Crippen LogP contribution in [0.4, 0.5) is 5.69 Å². The van der Waals surface area contributed by atoms with Gasteiger partial charge >= 0.3 is 0 Å². The summed E-state index contributed by atoms with van der Waals surface area (Å²) < 4.78 is 35.3.